The highest BCUT2D eigenvalue weighted by atomic mass is 28.4. The minimum atomic E-state index is -3.11. The summed E-state index contributed by atoms with van der Waals surface area (Å²) >= 11 is 0. The second-order valence-corrected chi connectivity index (χ2v) is 5.01. The predicted octanol–water partition coefficient (Wildman–Crippen LogP) is 2.45. The summed E-state index contributed by atoms with van der Waals surface area (Å²) in [4.78, 5) is 0. The summed E-state index contributed by atoms with van der Waals surface area (Å²) in [5.41, 5.74) is 0. The first-order valence-corrected chi connectivity index (χ1v) is 7.71. The van der Waals surface area contributed by atoms with E-state index < -0.39 is 9.05 Å². The Labute approximate surface area is 105 Å². The Hall–Kier alpha value is -0.563. The Morgan fingerprint density at radius 3 is 1.65 bits per heavy atom. The van der Waals surface area contributed by atoms with Crippen LogP contribution in [0.25, 0.3) is 0 Å². The topological polar surface area (TPSA) is 46.2 Å². The second-order valence-electron chi connectivity index (χ2n) is 2.94. The summed E-state index contributed by atoms with van der Waals surface area (Å²) in [6.07, 6.45) is 1.72. The van der Waals surface area contributed by atoms with Crippen molar-refractivity contribution in [2.24, 2.45) is 0 Å². The zero-order chi connectivity index (χ0) is 13.1. The lowest BCUT2D eigenvalue weighted by Gasteiger charge is -2.27. The minimum Gasteiger partial charge on any atom is -0.467 e. The first-order valence-electron chi connectivity index (χ1n) is 6.07. The van der Waals surface area contributed by atoms with Crippen LogP contribution in [0.2, 0.25) is 0 Å². The zero-order valence-corrected chi connectivity index (χ0v) is 12.4. The van der Waals surface area contributed by atoms with Crippen molar-refractivity contribution in [1.82, 2.24) is 0 Å². The molecule has 102 valence electrons. The largest absolute Gasteiger partial charge is 0.751 e. The van der Waals surface area contributed by atoms with Crippen molar-refractivity contribution in [2.45, 2.75) is 34.6 Å². The number of allylic oxidation sites excluding steroid dienone is 1. The SMILES string of the molecule is C/C=C(/OCC)O[Si](OCC)(OCC)OCC. The van der Waals surface area contributed by atoms with Crippen molar-refractivity contribution in [3.8, 4) is 0 Å². The molecule has 0 N–H and O–H groups in total. The fourth-order valence-electron chi connectivity index (χ4n) is 1.18. The molecule has 0 aromatic heterocycles. The molecule has 17 heavy (non-hydrogen) atoms. The number of ether oxygens (including phenoxy) is 1. The van der Waals surface area contributed by atoms with E-state index in [-0.39, 0.29) is 0 Å². The number of hydrogen-bond acceptors (Lipinski definition) is 5. The second kappa shape index (κ2) is 9.47. The Morgan fingerprint density at radius 2 is 1.35 bits per heavy atom. The molecule has 5 nitrogen and oxygen atoms in total. The van der Waals surface area contributed by atoms with Gasteiger partial charge in [-0.25, -0.2) is 0 Å². The van der Waals surface area contributed by atoms with Crippen molar-refractivity contribution < 1.29 is 22.4 Å². The molecule has 0 rings (SSSR count). The Morgan fingerprint density at radius 1 is 0.882 bits per heavy atom. The van der Waals surface area contributed by atoms with E-state index in [1.54, 1.807) is 6.08 Å². The summed E-state index contributed by atoms with van der Waals surface area (Å²) in [6, 6.07) is 0. The van der Waals surface area contributed by atoms with Crippen molar-refractivity contribution >= 4 is 9.05 Å². The Bertz CT molecular complexity index is 203. The van der Waals surface area contributed by atoms with Crippen LogP contribution in [0.4, 0.5) is 0 Å². The normalized spacial score (nSPS) is 12.6. The Balaban J connectivity index is 4.73. The fourth-order valence-corrected chi connectivity index (χ4v) is 3.09. The Kier molecular flexibility index (Phi) is 9.15. The van der Waals surface area contributed by atoms with E-state index in [2.05, 4.69) is 0 Å². The standard InChI is InChI=1S/C11H24O5Si/c1-6-11(12-7-2)16-17(13-8-3,14-9-4)15-10-5/h6H,7-10H2,1-5H3/b11-6-. The van der Waals surface area contributed by atoms with Gasteiger partial charge in [0.25, 0.3) is 5.95 Å². The molecule has 0 fully saturated rings. The van der Waals surface area contributed by atoms with E-state index in [4.69, 9.17) is 22.4 Å². The molecule has 0 aromatic rings. The molecule has 0 heterocycles. The van der Waals surface area contributed by atoms with Crippen LogP contribution >= 0.6 is 0 Å². The van der Waals surface area contributed by atoms with Gasteiger partial charge >= 0.3 is 9.05 Å². The fraction of sp³-hybridized carbons (Fsp3) is 0.818. The maximum absolute atomic E-state index is 5.66. The van der Waals surface area contributed by atoms with Crippen LogP contribution in [0, 0.1) is 0 Å². The smallest absolute Gasteiger partial charge is 0.467 e. The van der Waals surface area contributed by atoms with E-state index >= 15 is 0 Å². The molecule has 0 amide bonds. The summed E-state index contributed by atoms with van der Waals surface area (Å²) in [5.74, 6) is 0.384. The zero-order valence-electron chi connectivity index (χ0n) is 11.4. The maximum atomic E-state index is 5.66. The highest BCUT2D eigenvalue weighted by molar-refractivity contribution is 6.53. The third-order valence-corrected chi connectivity index (χ3v) is 4.09. The van der Waals surface area contributed by atoms with Crippen LogP contribution in [-0.4, -0.2) is 35.5 Å². The highest BCUT2D eigenvalue weighted by Crippen LogP contribution is 2.17. The van der Waals surface area contributed by atoms with Crippen LogP contribution in [0.15, 0.2) is 12.0 Å². The summed E-state index contributed by atoms with van der Waals surface area (Å²) in [6.45, 7) is 11.3. The molecular formula is C11H24O5Si. The van der Waals surface area contributed by atoms with Gasteiger partial charge in [-0.1, -0.05) is 0 Å². The van der Waals surface area contributed by atoms with Gasteiger partial charge in [0.2, 0.25) is 0 Å². The molecule has 0 aromatic carbocycles. The van der Waals surface area contributed by atoms with E-state index in [0.29, 0.717) is 32.4 Å². The number of hydrogen-bond donors (Lipinski definition) is 0. The lowest BCUT2D eigenvalue weighted by molar-refractivity contribution is -0.0421. The molecule has 0 spiro atoms. The van der Waals surface area contributed by atoms with Crippen LogP contribution in [0.1, 0.15) is 34.6 Å². The quantitative estimate of drug-likeness (QED) is 0.448. The van der Waals surface area contributed by atoms with E-state index in [1.807, 2.05) is 34.6 Å². The third-order valence-electron chi connectivity index (χ3n) is 1.71. The van der Waals surface area contributed by atoms with Crippen molar-refractivity contribution in [1.29, 1.82) is 0 Å². The van der Waals surface area contributed by atoms with Crippen molar-refractivity contribution in [3.05, 3.63) is 12.0 Å². The molecular weight excluding hydrogens is 240 g/mol. The van der Waals surface area contributed by atoms with Gasteiger partial charge in [-0.05, 0) is 40.7 Å². The van der Waals surface area contributed by atoms with Gasteiger partial charge in [0.05, 0.1) is 6.61 Å². The molecule has 0 saturated carbocycles. The molecule has 0 radical (unpaired) electrons. The van der Waals surface area contributed by atoms with Gasteiger partial charge in [0, 0.05) is 19.8 Å². The van der Waals surface area contributed by atoms with E-state index in [1.165, 1.54) is 0 Å². The maximum Gasteiger partial charge on any atom is 0.751 e. The summed E-state index contributed by atoms with van der Waals surface area (Å²) < 4.78 is 27.6. The van der Waals surface area contributed by atoms with Crippen LogP contribution in [-0.2, 0) is 22.4 Å². The van der Waals surface area contributed by atoms with Crippen molar-refractivity contribution in [3.63, 3.8) is 0 Å². The van der Waals surface area contributed by atoms with Crippen LogP contribution in [0.3, 0.4) is 0 Å². The van der Waals surface area contributed by atoms with Gasteiger partial charge in [-0.2, -0.15) is 0 Å². The summed E-state index contributed by atoms with van der Waals surface area (Å²) in [5, 5.41) is 0. The molecule has 0 unspecified atom stereocenters. The first-order chi connectivity index (χ1) is 8.17. The van der Waals surface area contributed by atoms with E-state index in [0.717, 1.165) is 0 Å². The molecule has 0 aliphatic carbocycles. The van der Waals surface area contributed by atoms with Gasteiger partial charge in [0.1, 0.15) is 0 Å². The monoisotopic (exact) mass is 264 g/mol. The minimum absolute atomic E-state index is 0.384. The van der Waals surface area contributed by atoms with Gasteiger partial charge in [-0.3, -0.25) is 0 Å². The average Bonchev–Trinajstić information content (AvgIpc) is 2.29. The molecule has 0 aliphatic heterocycles. The third kappa shape index (κ3) is 6.07. The highest BCUT2D eigenvalue weighted by Gasteiger charge is 2.48. The number of rotatable bonds is 10. The molecule has 0 bridgehead atoms. The lowest BCUT2D eigenvalue weighted by Crippen LogP contribution is -2.49. The van der Waals surface area contributed by atoms with Gasteiger partial charge < -0.3 is 22.4 Å². The van der Waals surface area contributed by atoms with Crippen molar-refractivity contribution in [2.75, 3.05) is 26.4 Å². The first kappa shape index (κ1) is 16.4. The van der Waals surface area contributed by atoms with Gasteiger partial charge in [0.15, 0.2) is 0 Å². The molecule has 0 saturated heterocycles. The molecule has 6 heteroatoms. The molecule has 0 aliphatic rings. The van der Waals surface area contributed by atoms with Gasteiger partial charge in [-0.15, -0.1) is 0 Å². The summed E-state index contributed by atoms with van der Waals surface area (Å²) in [7, 11) is -3.11. The average molecular weight is 264 g/mol. The van der Waals surface area contributed by atoms with Crippen LogP contribution < -0.4 is 0 Å². The van der Waals surface area contributed by atoms with Crippen LogP contribution in [0.5, 0.6) is 0 Å². The molecule has 0 atom stereocenters. The lowest BCUT2D eigenvalue weighted by atomic mass is 10.7. The predicted molar refractivity (Wildman–Crippen MR) is 67.1 cm³/mol. The van der Waals surface area contributed by atoms with E-state index in [9.17, 15) is 0 Å².